The summed E-state index contributed by atoms with van der Waals surface area (Å²) in [6.45, 7) is 6.17. The molecular formula is C15H25BrIN3OS. The summed E-state index contributed by atoms with van der Waals surface area (Å²) in [5.41, 5.74) is 0. The maximum Gasteiger partial charge on any atom is 0.194 e. The van der Waals surface area contributed by atoms with Crippen LogP contribution < -0.4 is 5.32 Å². The molecule has 1 aromatic heterocycles. The van der Waals surface area contributed by atoms with E-state index in [9.17, 15) is 0 Å². The standard InChI is InChI=1S/C15H24BrN3OS.HI/c1-3-17-15(18-8-9-20-11-12-4-5-12)19(2)10-13-6-7-14(16)21-13;/h6-7,12H,3-5,8-11H2,1-2H3,(H,17,18);1H. The third-order valence-electron chi connectivity index (χ3n) is 3.27. The normalized spacial score (nSPS) is 14.6. The minimum Gasteiger partial charge on any atom is -0.379 e. The monoisotopic (exact) mass is 501 g/mol. The fourth-order valence-corrected chi connectivity index (χ4v) is 3.50. The minimum atomic E-state index is 0. The number of ether oxygens (including phenoxy) is 1. The lowest BCUT2D eigenvalue weighted by atomic mass is 10.4. The fourth-order valence-electron chi connectivity index (χ4n) is 1.97. The Hall–Kier alpha value is 0.140. The molecule has 0 aliphatic heterocycles. The fraction of sp³-hybridized carbons (Fsp3) is 0.667. The van der Waals surface area contributed by atoms with Crippen molar-refractivity contribution in [2.75, 3.05) is 33.4 Å². The van der Waals surface area contributed by atoms with Gasteiger partial charge in [-0.15, -0.1) is 35.3 Å². The van der Waals surface area contributed by atoms with Crippen molar-refractivity contribution < 1.29 is 4.74 Å². The number of rotatable bonds is 8. The van der Waals surface area contributed by atoms with Gasteiger partial charge >= 0.3 is 0 Å². The molecule has 0 bridgehead atoms. The van der Waals surface area contributed by atoms with Crippen LogP contribution >= 0.6 is 51.2 Å². The highest BCUT2D eigenvalue weighted by atomic mass is 127. The number of hydrogen-bond acceptors (Lipinski definition) is 3. The summed E-state index contributed by atoms with van der Waals surface area (Å²) in [6.07, 6.45) is 2.68. The maximum absolute atomic E-state index is 5.63. The van der Waals surface area contributed by atoms with E-state index in [1.165, 1.54) is 21.5 Å². The predicted octanol–water partition coefficient (Wildman–Crippen LogP) is 3.95. The van der Waals surface area contributed by atoms with E-state index < -0.39 is 0 Å². The molecule has 4 nitrogen and oxygen atoms in total. The molecule has 1 N–H and O–H groups in total. The first-order valence-corrected chi connectivity index (χ1v) is 9.11. The number of hydrogen-bond donors (Lipinski definition) is 1. The van der Waals surface area contributed by atoms with Crippen LogP contribution in [0.5, 0.6) is 0 Å². The van der Waals surface area contributed by atoms with Crippen molar-refractivity contribution in [3.8, 4) is 0 Å². The van der Waals surface area contributed by atoms with E-state index in [1.54, 1.807) is 11.3 Å². The van der Waals surface area contributed by atoms with Crippen LogP contribution in [0.1, 0.15) is 24.6 Å². The van der Waals surface area contributed by atoms with Crippen molar-refractivity contribution in [3.05, 3.63) is 20.8 Å². The molecule has 22 heavy (non-hydrogen) atoms. The molecule has 0 unspecified atom stereocenters. The maximum atomic E-state index is 5.63. The van der Waals surface area contributed by atoms with Crippen molar-refractivity contribution in [3.63, 3.8) is 0 Å². The molecule has 7 heteroatoms. The Balaban J connectivity index is 0.00000242. The van der Waals surface area contributed by atoms with Gasteiger partial charge in [-0.3, -0.25) is 4.99 Å². The zero-order chi connectivity index (χ0) is 15.1. The van der Waals surface area contributed by atoms with Gasteiger partial charge in [0.15, 0.2) is 5.96 Å². The van der Waals surface area contributed by atoms with Gasteiger partial charge in [0, 0.05) is 25.1 Å². The van der Waals surface area contributed by atoms with Crippen LogP contribution in [0.2, 0.25) is 0 Å². The molecule has 1 saturated carbocycles. The Kier molecular flexibility index (Phi) is 9.94. The van der Waals surface area contributed by atoms with Crippen LogP contribution in [0.25, 0.3) is 0 Å². The Labute approximate surface area is 162 Å². The zero-order valence-corrected chi connectivity index (χ0v) is 17.9. The minimum absolute atomic E-state index is 0. The van der Waals surface area contributed by atoms with E-state index in [1.807, 2.05) is 0 Å². The smallest absolute Gasteiger partial charge is 0.194 e. The quantitative estimate of drug-likeness (QED) is 0.253. The van der Waals surface area contributed by atoms with E-state index >= 15 is 0 Å². The molecule has 0 saturated heterocycles. The number of nitrogens with zero attached hydrogens (tertiary/aromatic N) is 2. The van der Waals surface area contributed by atoms with E-state index in [2.05, 4.69) is 57.2 Å². The lowest BCUT2D eigenvalue weighted by molar-refractivity contribution is 0.131. The van der Waals surface area contributed by atoms with Gasteiger partial charge in [-0.1, -0.05) is 0 Å². The summed E-state index contributed by atoms with van der Waals surface area (Å²) < 4.78 is 6.80. The lowest BCUT2D eigenvalue weighted by Crippen LogP contribution is -2.38. The van der Waals surface area contributed by atoms with Crippen LogP contribution in [0, 0.1) is 5.92 Å². The molecule has 0 atom stereocenters. The topological polar surface area (TPSA) is 36.9 Å². The molecule has 1 aliphatic carbocycles. The van der Waals surface area contributed by atoms with Gasteiger partial charge in [0.2, 0.25) is 0 Å². The lowest BCUT2D eigenvalue weighted by Gasteiger charge is -2.21. The predicted molar refractivity (Wildman–Crippen MR) is 108 cm³/mol. The summed E-state index contributed by atoms with van der Waals surface area (Å²) in [7, 11) is 2.07. The van der Waals surface area contributed by atoms with Crippen molar-refractivity contribution in [2.45, 2.75) is 26.3 Å². The van der Waals surface area contributed by atoms with Crippen molar-refractivity contribution in [1.29, 1.82) is 0 Å². The third-order valence-corrected chi connectivity index (χ3v) is 4.87. The highest BCUT2D eigenvalue weighted by Gasteiger charge is 2.20. The molecule has 1 heterocycles. The molecule has 0 amide bonds. The van der Waals surface area contributed by atoms with Crippen molar-refractivity contribution >= 4 is 57.2 Å². The van der Waals surface area contributed by atoms with Gasteiger partial charge in [0.25, 0.3) is 0 Å². The molecule has 126 valence electrons. The first kappa shape index (κ1) is 20.2. The van der Waals surface area contributed by atoms with E-state index in [0.29, 0.717) is 13.2 Å². The zero-order valence-electron chi connectivity index (χ0n) is 13.2. The molecule has 0 spiro atoms. The average molecular weight is 502 g/mol. The first-order chi connectivity index (χ1) is 10.2. The van der Waals surface area contributed by atoms with Crippen LogP contribution in [0.4, 0.5) is 0 Å². The van der Waals surface area contributed by atoms with Crippen LogP contribution in [0.3, 0.4) is 0 Å². The number of thiophene rings is 1. The Morgan fingerprint density at radius 2 is 2.27 bits per heavy atom. The van der Waals surface area contributed by atoms with Gasteiger partial charge in [-0.05, 0) is 53.7 Å². The van der Waals surface area contributed by atoms with Crippen LogP contribution in [-0.2, 0) is 11.3 Å². The van der Waals surface area contributed by atoms with Gasteiger partial charge in [0.05, 0.1) is 23.5 Å². The van der Waals surface area contributed by atoms with Gasteiger partial charge < -0.3 is 15.0 Å². The molecule has 1 aromatic rings. The highest BCUT2D eigenvalue weighted by molar-refractivity contribution is 14.0. The molecule has 2 rings (SSSR count). The molecular weight excluding hydrogens is 477 g/mol. The summed E-state index contributed by atoms with van der Waals surface area (Å²) in [6, 6.07) is 4.23. The van der Waals surface area contributed by atoms with Crippen molar-refractivity contribution in [2.24, 2.45) is 10.9 Å². The SMILES string of the molecule is CCNC(=NCCOCC1CC1)N(C)Cc1ccc(Br)s1.I. The average Bonchev–Trinajstić information content (AvgIpc) is 3.19. The molecule has 0 radical (unpaired) electrons. The summed E-state index contributed by atoms with van der Waals surface area (Å²) in [5.74, 6) is 1.76. The van der Waals surface area contributed by atoms with E-state index in [-0.39, 0.29) is 24.0 Å². The molecule has 0 aromatic carbocycles. The third kappa shape index (κ3) is 7.61. The Bertz CT molecular complexity index is 465. The largest absolute Gasteiger partial charge is 0.379 e. The van der Waals surface area contributed by atoms with E-state index in [0.717, 1.165) is 31.6 Å². The summed E-state index contributed by atoms with van der Waals surface area (Å²) in [4.78, 5) is 8.11. The first-order valence-electron chi connectivity index (χ1n) is 7.50. The van der Waals surface area contributed by atoms with Crippen LogP contribution in [0.15, 0.2) is 20.9 Å². The second-order valence-corrected chi connectivity index (χ2v) is 7.86. The number of nitrogens with one attached hydrogen (secondary N) is 1. The second-order valence-electron chi connectivity index (χ2n) is 5.32. The van der Waals surface area contributed by atoms with Crippen molar-refractivity contribution in [1.82, 2.24) is 10.2 Å². The van der Waals surface area contributed by atoms with Gasteiger partial charge in [-0.2, -0.15) is 0 Å². The van der Waals surface area contributed by atoms with Gasteiger partial charge in [0.1, 0.15) is 0 Å². The number of halogens is 2. The number of aliphatic imine (C=N–C) groups is 1. The van der Waals surface area contributed by atoms with E-state index in [4.69, 9.17) is 4.74 Å². The molecule has 1 aliphatic rings. The van der Waals surface area contributed by atoms with Gasteiger partial charge in [-0.25, -0.2) is 0 Å². The Morgan fingerprint density at radius 1 is 1.50 bits per heavy atom. The van der Waals surface area contributed by atoms with Crippen LogP contribution in [-0.4, -0.2) is 44.2 Å². The Morgan fingerprint density at radius 3 is 2.86 bits per heavy atom. The summed E-state index contributed by atoms with van der Waals surface area (Å²) in [5, 5.41) is 3.33. The second kappa shape index (κ2) is 10.8. The highest BCUT2D eigenvalue weighted by Crippen LogP contribution is 2.28. The number of guanidine groups is 1. The summed E-state index contributed by atoms with van der Waals surface area (Å²) >= 11 is 5.26. The molecule has 1 fully saturated rings.